The first-order valence-corrected chi connectivity index (χ1v) is 7.10. The highest BCUT2D eigenvalue weighted by Gasteiger charge is 2.17. The van der Waals surface area contributed by atoms with Crippen molar-refractivity contribution in [1.29, 1.82) is 0 Å². The highest BCUT2D eigenvalue weighted by atomic mass is 16.4. The number of fused-ring (bicyclic) bond motifs is 2. The molecule has 6 heteroatoms. The van der Waals surface area contributed by atoms with Crippen molar-refractivity contribution in [2.45, 2.75) is 6.04 Å². The average Bonchev–Trinajstić information content (AvgIpc) is 2.72. The molecule has 0 amide bonds. The number of nitrogens with two attached hydrogens (primary N) is 1. The Morgan fingerprint density at radius 2 is 1.58 bits per heavy atom. The summed E-state index contributed by atoms with van der Waals surface area (Å²) in [6.07, 6.45) is 7.02. The largest absolute Gasteiger partial charge is 0.478 e. The fraction of sp³-hybridized carbons (Fsp3) is 0.0556. The second-order valence-corrected chi connectivity index (χ2v) is 4.93. The second-order valence-electron chi connectivity index (χ2n) is 4.93. The van der Waals surface area contributed by atoms with Crippen molar-refractivity contribution in [3.05, 3.63) is 77.1 Å². The molecule has 0 radical (unpaired) electrons. The number of aromatic nitrogens is 1. The molecular formula is C18H16N2O4. The number of carboxylic acids is 2. The van der Waals surface area contributed by atoms with E-state index in [9.17, 15) is 9.59 Å². The van der Waals surface area contributed by atoms with Gasteiger partial charge in [-0.3, -0.25) is 4.98 Å². The molecule has 6 nitrogen and oxygen atoms in total. The van der Waals surface area contributed by atoms with Gasteiger partial charge in [-0.25, -0.2) is 9.59 Å². The maximum absolute atomic E-state index is 9.55. The Bertz CT molecular complexity index is 747. The number of hydrogen-bond donors (Lipinski definition) is 3. The number of carboxylic acid groups (broad SMARTS) is 2. The van der Waals surface area contributed by atoms with Gasteiger partial charge in [0.25, 0.3) is 0 Å². The quantitative estimate of drug-likeness (QED) is 0.731. The van der Waals surface area contributed by atoms with E-state index in [0.29, 0.717) is 12.2 Å². The predicted molar refractivity (Wildman–Crippen MR) is 90.0 cm³/mol. The van der Waals surface area contributed by atoms with Gasteiger partial charge in [-0.2, -0.15) is 0 Å². The smallest absolute Gasteiger partial charge is 0.328 e. The van der Waals surface area contributed by atoms with Crippen LogP contribution in [0.4, 0.5) is 0 Å². The molecule has 3 rings (SSSR count). The Morgan fingerprint density at radius 3 is 2.25 bits per heavy atom. The van der Waals surface area contributed by atoms with E-state index >= 15 is 0 Å². The first-order valence-electron chi connectivity index (χ1n) is 7.10. The molecule has 1 atom stereocenters. The van der Waals surface area contributed by atoms with Gasteiger partial charge in [-0.05, 0) is 28.8 Å². The van der Waals surface area contributed by atoms with E-state index < -0.39 is 11.9 Å². The first kappa shape index (κ1) is 17.1. The third-order valence-corrected chi connectivity index (χ3v) is 3.33. The molecule has 0 saturated heterocycles. The molecule has 0 aliphatic heterocycles. The van der Waals surface area contributed by atoms with E-state index in [-0.39, 0.29) is 6.04 Å². The lowest BCUT2D eigenvalue weighted by Crippen LogP contribution is -2.13. The van der Waals surface area contributed by atoms with Crippen LogP contribution in [-0.4, -0.2) is 27.1 Å². The molecule has 1 aliphatic carbocycles. The summed E-state index contributed by atoms with van der Waals surface area (Å²) in [6.45, 7) is 0. The topological polar surface area (TPSA) is 114 Å². The molecule has 0 bridgehead atoms. The maximum Gasteiger partial charge on any atom is 0.328 e. The number of nitrogens with zero attached hydrogens (tertiary/aromatic N) is 1. The van der Waals surface area contributed by atoms with Crippen molar-refractivity contribution in [3.8, 4) is 0 Å². The van der Waals surface area contributed by atoms with Gasteiger partial charge in [0.2, 0.25) is 0 Å². The van der Waals surface area contributed by atoms with Gasteiger partial charge in [0, 0.05) is 18.3 Å². The van der Waals surface area contributed by atoms with Crippen LogP contribution in [0, 0.1) is 0 Å². The predicted octanol–water partition coefficient (Wildman–Crippen LogP) is 2.33. The van der Waals surface area contributed by atoms with E-state index in [4.69, 9.17) is 15.9 Å². The lowest BCUT2D eigenvalue weighted by atomic mass is 9.97. The normalized spacial score (nSPS) is 14.8. The summed E-state index contributed by atoms with van der Waals surface area (Å²) in [5.74, 6) is -2.51. The number of rotatable bonds is 2. The van der Waals surface area contributed by atoms with Gasteiger partial charge in [-0.15, -0.1) is 0 Å². The molecule has 24 heavy (non-hydrogen) atoms. The van der Waals surface area contributed by atoms with Crippen molar-refractivity contribution in [2.24, 2.45) is 5.73 Å². The Labute approximate surface area is 138 Å². The molecule has 1 unspecified atom stereocenters. The van der Waals surface area contributed by atoms with Gasteiger partial charge in [-0.1, -0.05) is 36.4 Å². The van der Waals surface area contributed by atoms with E-state index in [1.54, 1.807) is 6.20 Å². The zero-order valence-electron chi connectivity index (χ0n) is 12.7. The van der Waals surface area contributed by atoms with Crippen LogP contribution in [0.1, 0.15) is 28.4 Å². The van der Waals surface area contributed by atoms with Crippen LogP contribution in [0.25, 0.3) is 12.2 Å². The first-order chi connectivity index (χ1) is 11.5. The summed E-state index contributed by atoms with van der Waals surface area (Å²) in [7, 11) is 0. The Balaban J connectivity index is 0.000000224. The minimum atomic E-state index is -1.26. The van der Waals surface area contributed by atoms with Crippen LogP contribution in [0.15, 0.2) is 54.7 Å². The minimum Gasteiger partial charge on any atom is -0.478 e. The molecule has 1 aliphatic rings. The van der Waals surface area contributed by atoms with Crippen LogP contribution in [0.2, 0.25) is 0 Å². The molecule has 4 N–H and O–H groups in total. The lowest BCUT2D eigenvalue weighted by Gasteiger charge is -2.14. The fourth-order valence-electron chi connectivity index (χ4n) is 2.26. The van der Waals surface area contributed by atoms with Crippen LogP contribution in [0.3, 0.4) is 0 Å². The number of hydrogen-bond acceptors (Lipinski definition) is 4. The third kappa shape index (κ3) is 4.37. The Kier molecular flexibility index (Phi) is 5.59. The zero-order valence-corrected chi connectivity index (χ0v) is 12.7. The Morgan fingerprint density at radius 1 is 0.958 bits per heavy atom. The van der Waals surface area contributed by atoms with E-state index in [0.717, 1.165) is 16.8 Å². The third-order valence-electron chi connectivity index (χ3n) is 3.33. The van der Waals surface area contributed by atoms with Gasteiger partial charge in [0.05, 0.1) is 11.7 Å². The molecule has 0 fully saturated rings. The molecular weight excluding hydrogens is 308 g/mol. The van der Waals surface area contributed by atoms with Crippen LogP contribution in [-0.2, 0) is 9.59 Å². The number of benzene rings is 1. The van der Waals surface area contributed by atoms with E-state index in [1.165, 1.54) is 5.56 Å². The van der Waals surface area contributed by atoms with Crippen molar-refractivity contribution in [3.63, 3.8) is 0 Å². The summed E-state index contributed by atoms with van der Waals surface area (Å²) < 4.78 is 0. The van der Waals surface area contributed by atoms with E-state index in [1.807, 2.05) is 30.3 Å². The molecule has 0 saturated carbocycles. The average molecular weight is 324 g/mol. The molecule has 1 aromatic heterocycles. The lowest BCUT2D eigenvalue weighted by molar-refractivity contribution is -0.134. The van der Waals surface area contributed by atoms with Crippen molar-refractivity contribution in [1.82, 2.24) is 4.98 Å². The molecule has 1 aromatic carbocycles. The van der Waals surface area contributed by atoms with Gasteiger partial charge >= 0.3 is 11.9 Å². The minimum absolute atomic E-state index is 0.0881. The molecule has 122 valence electrons. The van der Waals surface area contributed by atoms with Crippen LogP contribution >= 0.6 is 0 Å². The molecule has 0 spiro atoms. The van der Waals surface area contributed by atoms with Crippen molar-refractivity contribution < 1.29 is 19.8 Å². The van der Waals surface area contributed by atoms with Crippen LogP contribution in [0.5, 0.6) is 0 Å². The fourth-order valence-corrected chi connectivity index (χ4v) is 2.26. The monoisotopic (exact) mass is 324 g/mol. The van der Waals surface area contributed by atoms with Gasteiger partial charge in [0.1, 0.15) is 0 Å². The summed E-state index contributed by atoms with van der Waals surface area (Å²) in [6, 6.07) is 12.1. The number of pyridine rings is 1. The second kappa shape index (κ2) is 7.85. The van der Waals surface area contributed by atoms with Crippen molar-refractivity contribution >= 4 is 24.1 Å². The van der Waals surface area contributed by atoms with Crippen molar-refractivity contribution in [2.75, 3.05) is 0 Å². The number of aliphatic carboxylic acids is 2. The Hall–Kier alpha value is -3.25. The molecule has 1 heterocycles. The van der Waals surface area contributed by atoms with Gasteiger partial charge < -0.3 is 15.9 Å². The summed E-state index contributed by atoms with van der Waals surface area (Å²) in [4.78, 5) is 23.5. The number of carbonyl (C=O) groups is 2. The van der Waals surface area contributed by atoms with Gasteiger partial charge in [0.15, 0.2) is 0 Å². The standard InChI is InChI=1S/C14H12N2.C4H4O4/c15-14-11-5-2-1-4-10(11)7-8-13-12(14)6-3-9-16-13;5-3(6)1-2-4(7)8/h1-9,14H,15H2;1-2H,(H,5,6)(H,7,8)/b;2-1+. The highest BCUT2D eigenvalue weighted by molar-refractivity contribution is 5.89. The van der Waals surface area contributed by atoms with E-state index in [2.05, 4.69) is 23.2 Å². The maximum atomic E-state index is 9.55. The summed E-state index contributed by atoms with van der Waals surface area (Å²) in [5, 5.41) is 15.6. The SMILES string of the molecule is NC1c2ccccc2C=Cc2ncccc21.O=C(O)/C=C/C(=O)O. The molecule has 2 aromatic rings. The summed E-state index contributed by atoms with van der Waals surface area (Å²) in [5.41, 5.74) is 10.7. The summed E-state index contributed by atoms with van der Waals surface area (Å²) >= 11 is 0. The highest BCUT2D eigenvalue weighted by Crippen LogP contribution is 2.29. The van der Waals surface area contributed by atoms with Crippen LogP contribution < -0.4 is 5.73 Å². The zero-order chi connectivity index (χ0) is 17.5.